The van der Waals surface area contributed by atoms with Crippen LogP contribution >= 0.6 is 0 Å². The molecule has 22 heavy (non-hydrogen) atoms. The van der Waals surface area contributed by atoms with Crippen molar-refractivity contribution in [2.45, 2.75) is 52.5 Å². The fourth-order valence-corrected chi connectivity index (χ4v) is 2.00. The maximum atomic E-state index is 12.4. The third-order valence-electron chi connectivity index (χ3n) is 3.78. The molecular formula is C18H29NO3. The zero-order valence-corrected chi connectivity index (χ0v) is 14.3. The highest BCUT2D eigenvalue weighted by Crippen LogP contribution is 2.26. The van der Waals surface area contributed by atoms with Crippen LogP contribution in [0.4, 0.5) is 0 Å². The Kier molecular flexibility index (Phi) is 6.88. The standard InChI is InChI=1S/C18H29NO3/c1-6-15(11-20)19-17(21)18(4,5)14-7-9-16(10-8-14)22-12-13(2)3/h7-10,13,15,20H,6,11-12H2,1-5H3,(H,19,21). The van der Waals surface area contributed by atoms with Gasteiger partial charge in [-0.2, -0.15) is 0 Å². The molecule has 0 saturated heterocycles. The van der Waals surface area contributed by atoms with Crippen LogP contribution in [-0.2, 0) is 10.2 Å². The minimum Gasteiger partial charge on any atom is -0.493 e. The van der Waals surface area contributed by atoms with Crippen molar-refractivity contribution in [3.05, 3.63) is 29.8 Å². The summed E-state index contributed by atoms with van der Waals surface area (Å²) in [6.07, 6.45) is 0.709. The molecule has 0 heterocycles. The number of carbonyl (C=O) groups is 1. The molecule has 0 aliphatic rings. The van der Waals surface area contributed by atoms with Gasteiger partial charge >= 0.3 is 0 Å². The quantitative estimate of drug-likeness (QED) is 0.776. The molecule has 1 atom stereocenters. The number of ether oxygens (including phenoxy) is 1. The lowest BCUT2D eigenvalue weighted by Gasteiger charge is -2.27. The monoisotopic (exact) mass is 307 g/mol. The number of nitrogens with one attached hydrogen (secondary N) is 1. The highest BCUT2D eigenvalue weighted by Gasteiger charge is 2.30. The van der Waals surface area contributed by atoms with Crippen molar-refractivity contribution >= 4 is 5.91 Å². The van der Waals surface area contributed by atoms with Crippen LogP contribution in [0.15, 0.2) is 24.3 Å². The molecule has 0 radical (unpaired) electrons. The summed E-state index contributed by atoms with van der Waals surface area (Å²) in [4.78, 5) is 12.4. The van der Waals surface area contributed by atoms with Crippen molar-refractivity contribution in [1.82, 2.24) is 5.32 Å². The molecule has 2 N–H and O–H groups in total. The summed E-state index contributed by atoms with van der Waals surface area (Å²) < 4.78 is 5.66. The van der Waals surface area contributed by atoms with Crippen LogP contribution in [0, 0.1) is 5.92 Å². The Morgan fingerprint density at radius 1 is 1.27 bits per heavy atom. The molecule has 1 aromatic carbocycles. The van der Waals surface area contributed by atoms with E-state index < -0.39 is 5.41 Å². The molecule has 0 saturated carbocycles. The highest BCUT2D eigenvalue weighted by atomic mass is 16.5. The first kappa shape index (κ1) is 18.5. The van der Waals surface area contributed by atoms with E-state index in [1.807, 2.05) is 45.0 Å². The lowest BCUT2D eigenvalue weighted by molar-refractivity contribution is -0.126. The molecule has 1 unspecified atom stereocenters. The first-order chi connectivity index (χ1) is 10.3. The van der Waals surface area contributed by atoms with E-state index in [0.717, 1.165) is 11.3 Å². The summed E-state index contributed by atoms with van der Waals surface area (Å²) in [7, 11) is 0. The highest BCUT2D eigenvalue weighted by molar-refractivity contribution is 5.87. The molecule has 0 bridgehead atoms. The van der Waals surface area contributed by atoms with Crippen LogP contribution in [0.5, 0.6) is 5.75 Å². The first-order valence-corrected chi connectivity index (χ1v) is 7.96. The number of amides is 1. The van der Waals surface area contributed by atoms with E-state index in [4.69, 9.17) is 4.74 Å². The van der Waals surface area contributed by atoms with E-state index in [1.54, 1.807) is 0 Å². The van der Waals surface area contributed by atoms with Crippen molar-refractivity contribution < 1.29 is 14.6 Å². The Labute approximate surface area is 133 Å². The van der Waals surface area contributed by atoms with E-state index in [0.29, 0.717) is 18.9 Å². The second-order valence-corrected chi connectivity index (χ2v) is 6.62. The molecule has 0 spiro atoms. The van der Waals surface area contributed by atoms with Gasteiger partial charge in [0, 0.05) is 0 Å². The molecule has 0 aliphatic heterocycles. The predicted octanol–water partition coefficient (Wildman–Crippen LogP) is 2.89. The maximum absolute atomic E-state index is 12.4. The Morgan fingerprint density at radius 2 is 1.86 bits per heavy atom. The van der Waals surface area contributed by atoms with Gasteiger partial charge in [0.05, 0.1) is 24.7 Å². The van der Waals surface area contributed by atoms with Gasteiger partial charge in [-0.15, -0.1) is 0 Å². The molecule has 0 aliphatic carbocycles. The van der Waals surface area contributed by atoms with Crippen LogP contribution < -0.4 is 10.1 Å². The number of benzene rings is 1. The van der Waals surface area contributed by atoms with E-state index in [-0.39, 0.29) is 18.6 Å². The van der Waals surface area contributed by atoms with Crippen molar-refractivity contribution in [2.24, 2.45) is 5.92 Å². The normalized spacial score (nSPS) is 13.0. The molecule has 1 aromatic rings. The van der Waals surface area contributed by atoms with Gasteiger partial charge in [-0.3, -0.25) is 4.79 Å². The summed E-state index contributed by atoms with van der Waals surface area (Å²) in [5, 5.41) is 12.1. The largest absolute Gasteiger partial charge is 0.493 e. The Bertz CT molecular complexity index is 462. The van der Waals surface area contributed by atoms with Crippen molar-refractivity contribution in [3.63, 3.8) is 0 Å². The molecule has 124 valence electrons. The molecule has 4 nitrogen and oxygen atoms in total. The van der Waals surface area contributed by atoms with Crippen LogP contribution in [0.1, 0.15) is 46.6 Å². The van der Waals surface area contributed by atoms with Gasteiger partial charge in [0.15, 0.2) is 0 Å². The van der Waals surface area contributed by atoms with Crippen molar-refractivity contribution in [2.75, 3.05) is 13.2 Å². The second-order valence-electron chi connectivity index (χ2n) is 6.62. The smallest absolute Gasteiger partial charge is 0.230 e. The number of aliphatic hydroxyl groups is 1. The zero-order valence-electron chi connectivity index (χ0n) is 14.3. The molecule has 0 fully saturated rings. The Hall–Kier alpha value is -1.55. The van der Waals surface area contributed by atoms with Gasteiger partial charge < -0.3 is 15.2 Å². The van der Waals surface area contributed by atoms with Gasteiger partial charge in [-0.05, 0) is 43.9 Å². The van der Waals surface area contributed by atoms with E-state index >= 15 is 0 Å². The van der Waals surface area contributed by atoms with Gasteiger partial charge in [0.25, 0.3) is 0 Å². The lowest BCUT2D eigenvalue weighted by Crippen LogP contribution is -2.46. The van der Waals surface area contributed by atoms with Gasteiger partial charge in [0.1, 0.15) is 5.75 Å². The Balaban J connectivity index is 2.77. The molecule has 1 rings (SSSR count). The van der Waals surface area contributed by atoms with E-state index in [1.165, 1.54) is 0 Å². The molecule has 4 heteroatoms. The number of hydrogen-bond acceptors (Lipinski definition) is 3. The second kappa shape index (κ2) is 8.18. The van der Waals surface area contributed by atoms with Crippen molar-refractivity contribution in [3.8, 4) is 5.75 Å². The average molecular weight is 307 g/mol. The summed E-state index contributed by atoms with van der Waals surface area (Å²) >= 11 is 0. The summed E-state index contributed by atoms with van der Waals surface area (Å²) in [5.74, 6) is 1.21. The fourth-order valence-electron chi connectivity index (χ4n) is 2.00. The average Bonchev–Trinajstić information content (AvgIpc) is 2.50. The third kappa shape index (κ3) is 5.02. The molecular weight excluding hydrogens is 278 g/mol. The summed E-state index contributed by atoms with van der Waals surface area (Å²) in [6, 6.07) is 7.46. The summed E-state index contributed by atoms with van der Waals surface area (Å²) in [5.41, 5.74) is 0.272. The van der Waals surface area contributed by atoms with E-state index in [2.05, 4.69) is 19.2 Å². The van der Waals surface area contributed by atoms with Gasteiger partial charge in [0.2, 0.25) is 5.91 Å². The van der Waals surface area contributed by atoms with Crippen molar-refractivity contribution in [1.29, 1.82) is 0 Å². The number of rotatable bonds is 8. The van der Waals surface area contributed by atoms with E-state index in [9.17, 15) is 9.90 Å². The van der Waals surface area contributed by atoms with Crippen LogP contribution in [-0.4, -0.2) is 30.3 Å². The number of aliphatic hydroxyl groups excluding tert-OH is 1. The minimum atomic E-state index is -0.654. The third-order valence-corrected chi connectivity index (χ3v) is 3.78. The SMILES string of the molecule is CCC(CO)NC(=O)C(C)(C)c1ccc(OCC(C)C)cc1. The van der Waals surface area contributed by atoms with Crippen LogP contribution in [0.2, 0.25) is 0 Å². The zero-order chi connectivity index (χ0) is 16.8. The lowest BCUT2D eigenvalue weighted by atomic mass is 9.83. The number of carbonyl (C=O) groups excluding carboxylic acids is 1. The minimum absolute atomic E-state index is 0.0414. The summed E-state index contributed by atoms with van der Waals surface area (Å²) in [6.45, 7) is 10.6. The fraction of sp³-hybridized carbons (Fsp3) is 0.611. The van der Waals surface area contributed by atoms with Gasteiger partial charge in [-0.25, -0.2) is 0 Å². The van der Waals surface area contributed by atoms with Crippen LogP contribution in [0.3, 0.4) is 0 Å². The topological polar surface area (TPSA) is 58.6 Å². The molecule has 1 amide bonds. The van der Waals surface area contributed by atoms with Gasteiger partial charge in [-0.1, -0.05) is 32.9 Å². The Morgan fingerprint density at radius 3 is 2.32 bits per heavy atom. The predicted molar refractivity (Wildman–Crippen MR) is 89.1 cm³/mol. The number of hydrogen-bond donors (Lipinski definition) is 2. The maximum Gasteiger partial charge on any atom is 0.230 e. The molecule has 0 aromatic heterocycles. The first-order valence-electron chi connectivity index (χ1n) is 7.96. The van der Waals surface area contributed by atoms with Crippen LogP contribution in [0.25, 0.3) is 0 Å².